The van der Waals surface area contributed by atoms with Crippen LogP contribution in [-0.4, -0.2) is 11.9 Å². The van der Waals surface area contributed by atoms with Crippen molar-refractivity contribution < 1.29 is 23.5 Å². The van der Waals surface area contributed by atoms with Crippen LogP contribution >= 0.6 is 11.8 Å². The minimum Gasteiger partial charge on any atom is -0.619 e. The van der Waals surface area contributed by atoms with E-state index in [1.165, 1.54) is 30.4 Å². The first-order valence-electron chi connectivity index (χ1n) is 8.77. The zero-order valence-corrected chi connectivity index (χ0v) is 16.2. The quantitative estimate of drug-likeness (QED) is 0.367. The third-order valence-corrected chi connectivity index (χ3v) is 5.25. The fourth-order valence-electron chi connectivity index (χ4n) is 2.95. The first kappa shape index (κ1) is 18.9. The molecule has 0 spiro atoms. The van der Waals surface area contributed by atoms with Crippen LogP contribution in [0, 0.1) is 12.1 Å². The maximum atomic E-state index is 11.9. The van der Waals surface area contributed by atoms with Gasteiger partial charge in [-0.05, 0) is 43.3 Å². The van der Waals surface area contributed by atoms with E-state index in [1.807, 2.05) is 37.3 Å². The molecule has 3 aromatic rings. The number of urea groups is 1. The van der Waals surface area contributed by atoms with Gasteiger partial charge in [0, 0.05) is 10.5 Å². The molecule has 1 atom stereocenters. The number of pyridine rings is 1. The average Bonchev–Trinajstić information content (AvgIpc) is 3.25. The SMILES string of the molecule is Cc1cc(COc2ccc(Sc3ccoc3C3NC(=O)NC3=O)cc2)c[n+]([O-])c1. The van der Waals surface area contributed by atoms with Gasteiger partial charge in [-0.15, -0.1) is 0 Å². The lowest BCUT2D eigenvalue weighted by Gasteiger charge is -2.09. The van der Waals surface area contributed by atoms with Gasteiger partial charge in [-0.3, -0.25) is 10.1 Å². The molecule has 0 aliphatic carbocycles. The summed E-state index contributed by atoms with van der Waals surface area (Å²) < 4.78 is 11.9. The van der Waals surface area contributed by atoms with Crippen molar-refractivity contribution in [3.8, 4) is 5.75 Å². The van der Waals surface area contributed by atoms with Crippen molar-refractivity contribution >= 4 is 23.7 Å². The number of benzene rings is 1. The predicted molar refractivity (Wildman–Crippen MR) is 103 cm³/mol. The number of aryl methyl sites for hydroxylation is 1. The molecule has 1 aliphatic rings. The second-order valence-corrected chi connectivity index (χ2v) is 7.60. The summed E-state index contributed by atoms with van der Waals surface area (Å²) in [7, 11) is 0. The summed E-state index contributed by atoms with van der Waals surface area (Å²) >= 11 is 1.41. The Morgan fingerprint density at radius 2 is 2.00 bits per heavy atom. The highest BCUT2D eigenvalue weighted by Crippen LogP contribution is 2.35. The van der Waals surface area contributed by atoms with Gasteiger partial charge in [0.05, 0.1) is 16.7 Å². The molecule has 1 fully saturated rings. The maximum Gasteiger partial charge on any atom is 0.322 e. The second-order valence-electron chi connectivity index (χ2n) is 6.49. The van der Waals surface area contributed by atoms with E-state index in [1.54, 1.807) is 6.07 Å². The lowest BCUT2D eigenvalue weighted by molar-refractivity contribution is -0.606. The summed E-state index contributed by atoms with van der Waals surface area (Å²) in [6.45, 7) is 2.15. The summed E-state index contributed by atoms with van der Waals surface area (Å²) in [4.78, 5) is 24.9. The fourth-order valence-corrected chi connectivity index (χ4v) is 3.87. The van der Waals surface area contributed by atoms with Crippen molar-refractivity contribution in [3.05, 3.63) is 77.1 Å². The minimum atomic E-state index is -0.833. The number of carbonyl (C=O) groups is 2. The Bertz CT molecular complexity index is 1040. The van der Waals surface area contributed by atoms with Gasteiger partial charge < -0.3 is 19.7 Å². The molecule has 4 rings (SSSR count). The Kier molecular flexibility index (Phi) is 5.13. The standard InChI is InChI=1S/C20H17N3O5S/c1-12-8-13(10-23(26)9-12)11-28-14-2-4-15(5-3-14)29-16-6-7-27-18(16)17-19(24)22-20(25)21-17/h2-10,17H,11H2,1H3,(H2,21,22,24,25). The zero-order valence-electron chi connectivity index (χ0n) is 15.4. The lowest BCUT2D eigenvalue weighted by Crippen LogP contribution is -2.26. The van der Waals surface area contributed by atoms with E-state index in [0.29, 0.717) is 18.1 Å². The molecule has 0 saturated carbocycles. The maximum absolute atomic E-state index is 11.9. The van der Waals surface area contributed by atoms with E-state index in [0.717, 1.165) is 25.6 Å². The van der Waals surface area contributed by atoms with Crippen molar-refractivity contribution in [1.82, 2.24) is 10.6 Å². The van der Waals surface area contributed by atoms with Gasteiger partial charge in [0.25, 0.3) is 5.91 Å². The smallest absolute Gasteiger partial charge is 0.322 e. The topological polar surface area (TPSA) is 108 Å². The van der Waals surface area contributed by atoms with Crippen LogP contribution in [-0.2, 0) is 11.4 Å². The van der Waals surface area contributed by atoms with Crippen LogP contribution in [0.3, 0.4) is 0 Å². The lowest BCUT2D eigenvalue weighted by atomic mass is 10.2. The Labute approximate surface area is 170 Å². The third kappa shape index (κ3) is 4.35. The highest BCUT2D eigenvalue weighted by molar-refractivity contribution is 7.99. The molecule has 1 aliphatic heterocycles. The Balaban J connectivity index is 1.41. The number of carbonyl (C=O) groups excluding carboxylic acids is 2. The largest absolute Gasteiger partial charge is 0.619 e. The summed E-state index contributed by atoms with van der Waals surface area (Å²) in [6, 6.07) is 9.70. The summed E-state index contributed by atoms with van der Waals surface area (Å²) in [5, 5.41) is 16.2. The molecule has 1 aromatic carbocycles. The number of hydrogen-bond donors (Lipinski definition) is 2. The molecule has 2 N–H and O–H groups in total. The van der Waals surface area contributed by atoms with E-state index in [2.05, 4.69) is 10.6 Å². The van der Waals surface area contributed by atoms with E-state index in [4.69, 9.17) is 9.15 Å². The van der Waals surface area contributed by atoms with Gasteiger partial charge in [-0.1, -0.05) is 11.8 Å². The molecule has 0 radical (unpaired) electrons. The Hall–Kier alpha value is -3.46. The van der Waals surface area contributed by atoms with Gasteiger partial charge in [0.1, 0.15) is 18.1 Å². The van der Waals surface area contributed by atoms with Gasteiger partial charge >= 0.3 is 6.03 Å². The van der Waals surface area contributed by atoms with E-state index >= 15 is 0 Å². The summed E-state index contributed by atoms with van der Waals surface area (Å²) in [6.07, 6.45) is 4.47. The monoisotopic (exact) mass is 411 g/mol. The Morgan fingerprint density at radius 3 is 2.69 bits per heavy atom. The average molecular weight is 411 g/mol. The van der Waals surface area contributed by atoms with Crippen LogP contribution in [0.15, 0.2) is 69.3 Å². The number of furan rings is 1. The number of nitrogens with zero attached hydrogens (tertiary/aromatic N) is 1. The van der Waals surface area contributed by atoms with Crippen LogP contribution in [0.4, 0.5) is 4.79 Å². The number of imide groups is 1. The number of rotatable bonds is 6. The summed E-state index contributed by atoms with van der Waals surface area (Å²) in [5.74, 6) is 0.623. The van der Waals surface area contributed by atoms with Crippen LogP contribution in [0.1, 0.15) is 22.9 Å². The van der Waals surface area contributed by atoms with Crippen molar-refractivity contribution in [2.75, 3.05) is 0 Å². The van der Waals surface area contributed by atoms with Crippen LogP contribution in [0.2, 0.25) is 0 Å². The molecular formula is C20H17N3O5S. The normalized spacial score (nSPS) is 15.8. The Morgan fingerprint density at radius 1 is 1.21 bits per heavy atom. The second kappa shape index (κ2) is 7.88. The molecule has 1 unspecified atom stereocenters. The van der Waals surface area contributed by atoms with Crippen LogP contribution in [0.5, 0.6) is 5.75 Å². The van der Waals surface area contributed by atoms with E-state index < -0.39 is 18.0 Å². The predicted octanol–water partition coefficient (Wildman–Crippen LogP) is 2.83. The molecule has 3 heterocycles. The molecular weight excluding hydrogens is 394 g/mol. The first-order valence-corrected chi connectivity index (χ1v) is 9.58. The highest BCUT2D eigenvalue weighted by atomic mass is 32.2. The van der Waals surface area contributed by atoms with Gasteiger partial charge in [0.2, 0.25) is 0 Å². The number of ether oxygens (including phenoxy) is 1. The minimum absolute atomic E-state index is 0.290. The number of nitrogens with one attached hydrogen (secondary N) is 2. The number of amides is 3. The van der Waals surface area contributed by atoms with Gasteiger partial charge in [-0.2, -0.15) is 4.73 Å². The molecule has 3 amide bonds. The zero-order chi connectivity index (χ0) is 20.4. The van der Waals surface area contributed by atoms with Crippen molar-refractivity contribution in [3.63, 3.8) is 0 Å². The number of hydrogen-bond acceptors (Lipinski definition) is 6. The van der Waals surface area contributed by atoms with Crippen LogP contribution < -0.4 is 20.1 Å². The molecule has 8 nitrogen and oxygen atoms in total. The fraction of sp³-hybridized carbons (Fsp3) is 0.150. The molecule has 1 saturated heterocycles. The van der Waals surface area contributed by atoms with E-state index in [-0.39, 0.29) is 0 Å². The van der Waals surface area contributed by atoms with Crippen molar-refractivity contribution in [2.24, 2.45) is 0 Å². The summed E-state index contributed by atoms with van der Waals surface area (Å²) in [5.41, 5.74) is 1.66. The van der Waals surface area contributed by atoms with Crippen molar-refractivity contribution in [1.29, 1.82) is 0 Å². The van der Waals surface area contributed by atoms with Crippen LogP contribution in [0.25, 0.3) is 0 Å². The van der Waals surface area contributed by atoms with Crippen molar-refractivity contribution in [2.45, 2.75) is 29.4 Å². The molecule has 9 heteroatoms. The van der Waals surface area contributed by atoms with E-state index in [9.17, 15) is 14.8 Å². The molecule has 29 heavy (non-hydrogen) atoms. The molecule has 0 bridgehead atoms. The first-order chi connectivity index (χ1) is 14.0. The number of aromatic nitrogens is 1. The molecule has 148 valence electrons. The highest BCUT2D eigenvalue weighted by Gasteiger charge is 2.35. The third-order valence-electron chi connectivity index (χ3n) is 4.19. The van der Waals surface area contributed by atoms with Gasteiger partial charge in [0.15, 0.2) is 18.4 Å². The molecule has 2 aromatic heterocycles. The van der Waals surface area contributed by atoms with Gasteiger partial charge in [-0.25, -0.2) is 4.79 Å².